The third kappa shape index (κ3) is 5.19. The highest BCUT2D eigenvalue weighted by atomic mass is 19.2. The fraction of sp³-hybridized carbons (Fsp3) is 1.00. The molecular weight excluding hydrogens is 412 g/mol. The van der Waals surface area contributed by atoms with Crippen molar-refractivity contribution in [3.8, 4) is 0 Å². The quantitative estimate of drug-likeness (QED) is 0.361. The van der Waals surface area contributed by atoms with Crippen LogP contribution in [0.4, 0.5) is 17.6 Å². The van der Waals surface area contributed by atoms with Crippen molar-refractivity contribution in [2.75, 3.05) is 0 Å². The Bertz CT molecular complexity index is 566. The lowest BCUT2D eigenvalue weighted by Gasteiger charge is -2.46. The summed E-state index contributed by atoms with van der Waals surface area (Å²) in [6, 6.07) is 0. The third-order valence-corrected chi connectivity index (χ3v) is 10.4. The lowest BCUT2D eigenvalue weighted by Crippen LogP contribution is -2.46. The molecule has 0 amide bonds. The van der Waals surface area contributed by atoms with E-state index in [-0.39, 0.29) is 35.5 Å². The molecule has 0 aromatic heterocycles. The first-order valence-electron chi connectivity index (χ1n) is 14.0. The van der Waals surface area contributed by atoms with Gasteiger partial charge in [-0.25, -0.2) is 17.6 Å². The molecule has 8 atom stereocenters. The van der Waals surface area contributed by atoms with Crippen LogP contribution in [-0.2, 0) is 0 Å². The zero-order valence-corrected chi connectivity index (χ0v) is 20.3. The predicted molar refractivity (Wildman–Crippen MR) is 123 cm³/mol. The minimum Gasteiger partial charge on any atom is -0.244 e. The van der Waals surface area contributed by atoms with Gasteiger partial charge in [0.1, 0.15) is 24.7 Å². The lowest BCUT2D eigenvalue weighted by molar-refractivity contribution is -0.0456. The Morgan fingerprint density at radius 2 is 0.875 bits per heavy atom. The van der Waals surface area contributed by atoms with Gasteiger partial charge < -0.3 is 0 Å². The predicted octanol–water partition coefficient (Wildman–Crippen LogP) is 8.82. The van der Waals surface area contributed by atoms with E-state index >= 15 is 8.78 Å². The average molecular weight is 459 g/mol. The number of alkyl halides is 4. The summed E-state index contributed by atoms with van der Waals surface area (Å²) in [6.45, 7) is 4.04. The van der Waals surface area contributed by atoms with Gasteiger partial charge in [0.15, 0.2) is 0 Å². The Kier molecular flexibility index (Phi) is 8.52. The van der Waals surface area contributed by atoms with Crippen LogP contribution >= 0.6 is 0 Å². The number of rotatable bonds is 5. The lowest BCUT2D eigenvalue weighted by atomic mass is 9.61. The van der Waals surface area contributed by atoms with E-state index in [9.17, 15) is 8.78 Å². The number of hydrogen-bond acceptors (Lipinski definition) is 0. The Hall–Kier alpha value is -0.280. The average Bonchev–Trinajstić information content (AvgIpc) is 2.81. The highest BCUT2D eigenvalue weighted by Crippen LogP contribution is 2.50. The summed E-state index contributed by atoms with van der Waals surface area (Å²) in [5.74, 6) is 1.02. The molecule has 32 heavy (non-hydrogen) atoms. The second-order valence-corrected chi connectivity index (χ2v) is 12.1. The van der Waals surface area contributed by atoms with Crippen LogP contribution in [0.3, 0.4) is 0 Å². The van der Waals surface area contributed by atoms with Crippen molar-refractivity contribution < 1.29 is 17.6 Å². The normalized spacial score (nSPS) is 50.8. The van der Waals surface area contributed by atoms with Gasteiger partial charge in [0.25, 0.3) is 0 Å². The molecule has 0 saturated heterocycles. The van der Waals surface area contributed by atoms with Gasteiger partial charge >= 0.3 is 0 Å². The van der Waals surface area contributed by atoms with Crippen LogP contribution in [0.5, 0.6) is 0 Å². The Morgan fingerprint density at radius 3 is 1.31 bits per heavy atom. The fourth-order valence-electron chi connectivity index (χ4n) is 8.30. The maximum Gasteiger partial charge on any atom is 0.134 e. The molecule has 0 heterocycles. The molecule has 0 spiro atoms. The third-order valence-electron chi connectivity index (χ3n) is 10.4. The first kappa shape index (κ1) is 24.8. The van der Waals surface area contributed by atoms with Gasteiger partial charge in [0, 0.05) is 0 Å². The van der Waals surface area contributed by atoms with Gasteiger partial charge in [0.2, 0.25) is 0 Å². The molecule has 4 aliphatic rings. The van der Waals surface area contributed by atoms with Crippen LogP contribution in [-0.4, -0.2) is 24.7 Å². The standard InChI is InChI=1S/C28H46F4/c1-3-4-18-6-8-19(9-7-18)23-15-16-24(28(32)27(23)31)21-12-10-20(11-13-21)22-14-5-17(2)25(29)26(22)30/h17-28H,3-16H2,1-2H3/t17-,18?,19?,20?,21?,22-,23?,24+,25?,26?,27?,28?/m0/s1. The van der Waals surface area contributed by atoms with Crippen LogP contribution in [0.2, 0.25) is 0 Å². The first-order valence-corrected chi connectivity index (χ1v) is 14.0. The molecule has 0 aliphatic heterocycles. The minimum atomic E-state index is -1.34. The Labute approximate surface area is 193 Å². The van der Waals surface area contributed by atoms with Crippen molar-refractivity contribution in [1.82, 2.24) is 0 Å². The number of hydrogen-bond donors (Lipinski definition) is 0. The summed E-state index contributed by atoms with van der Waals surface area (Å²) in [5.41, 5.74) is 0. The zero-order chi connectivity index (χ0) is 22.8. The monoisotopic (exact) mass is 458 g/mol. The molecule has 4 heteroatoms. The van der Waals surface area contributed by atoms with Gasteiger partial charge in [-0.1, -0.05) is 39.5 Å². The van der Waals surface area contributed by atoms with Crippen molar-refractivity contribution in [2.24, 2.45) is 47.3 Å². The van der Waals surface area contributed by atoms with E-state index in [0.717, 1.165) is 70.1 Å². The molecule has 4 rings (SSSR count). The Morgan fingerprint density at radius 1 is 0.500 bits per heavy atom. The second-order valence-electron chi connectivity index (χ2n) is 12.1. The molecular formula is C28H46F4. The summed E-state index contributed by atoms with van der Waals surface area (Å²) in [4.78, 5) is 0. The van der Waals surface area contributed by atoms with Crippen LogP contribution in [0.25, 0.3) is 0 Å². The summed E-state index contributed by atoms with van der Waals surface area (Å²) >= 11 is 0. The molecule has 4 aliphatic carbocycles. The van der Waals surface area contributed by atoms with E-state index in [2.05, 4.69) is 6.92 Å². The van der Waals surface area contributed by atoms with Crippen molar-refractivity contribution in [3.05, 3.63) is 0 Å². The Balaban J connectivity index is 1.26. The molecule has 4 saturated carbocycles. The van der Waals surface area contributed by atoms with Crippen LogP contribution in [0.15, 0.2) is 0 Å². The van der Waals surface area contributed by atoms with Crippen LogP contribution in [0, 0.1) is 47.3 Å². The molecule has 0 nitrogen and oxygen atoms in total. The van der Waals surface area contributed by atoms with Crippen molar-refractivity contribution in [3.63, 3.8) is 0 Å². The molecule has 0 bridgehead atoms. The summed E-state index contributed by atoms with van der Waals surface area (Å²) in [5, 5.41) is 0. The molecule has 186 valence electrons. The summed E-state index contributed by atoms with van der Waals surface area (Å²) < 4.78 is 59.5. The van der Waals surface area contributed by atoms with Crippen LogP contribution < -0.4 is 0 Å². The van der Waals surface area contributed by atoms with Crippen molar-refractivity contribution in [1.29, 1.82) is 0 Å². The summed E-state index contributed by atoms with van der Waals surface area (Å²) in [6.07, 6.45) is 8.41. The van der Waals surface area contributed by atoms with E-state index in [0.29, 0.717) is 5.92 Å². The molecule has 5 unspecified atom stereocenters. The first-order chi connectivity index (χ1) is 15.4. The second kappa shape index (κ2) is 11.0. The van der Waals surface area contributed by atoms with E-state index in [1.165, 1.54) is 25.7 Å². The molecule has 0 aromatic rings. The van der Waals surface area contributed by atoms with E-state index in [4.69, 9.17) is 0 Å². The smallest absolute Gasteiger partial charge is 0.134 e. The van der Waals surface area contributed by atoms with E-state index in [1.807, 2.05) is 6.92 Å². The van der Waals surface area contributed by atoms with Gasteiger partial charge in [0.05, 0.1) is 0 Å². The van der Waals surface area contributed by atoms with Gasteiger partial charge in [-0.15, -0.1) is 0 Å². The van der Waals surface area contributed by atoms with Crippen LogP contribution in [0.1, 0.15) is 104 Å². The maximum atomic E-state index is 15.4. The molecule has 0 N–H and O–H groups in total. The number of halogens is 4. The fourth-order valence-corrected chi connectivity index (χ4v) is 8.30. The van der Waals surface area contributed by atoms with Crippen molar-refractivity contribution in [2.45, 2.75) is 128 Å². The zero-order valence-electron chi connectivity index (χ0n) is 20.3. The molecule has 0 radical (unpaired) electrons. The molecule has 4 fully saturated rings. The highest BCUT2D eigenvalue weighted by Gasteiger charge is 2.48. The van der Waals surface area contributed by atoms with Gasteiger partial charge in [-0.05, 0) is 112 Å². The van der Waals surface area contributed by atoms with Gasteiger partial charge in [-0.2, -0.15) is 0 Å². The van der Waals surface area contributed by atoms with Crippen molar-refractivity contribution >= 4 is 0 Å². The minimum absolute atomic E-state index is 0.0850. The van der Waals surface area contributed by atoms with Gasteiger partial charge in [-0.3, -0.25) is 0 Å². The SMILES string of the molecule is CCCC1CCC(C2CC[C@H](C3CCC([C@@H]4CC[C@H](C)C(F)C4F)CC3)C(F)C2F)CC1. The van der Waals surface area contributed by atoms with E-state index in [1.54, 1.807) is 0 Å². The van der Waals surface area contributed by atoms with E-state index < -0.39 is 24.7 Å². The molecule has 0 aromatic carbocycles. The highest BCUT2D eigenvalue weighted by molar-refractivity contribution is 4.97. The maximum absolute atomic E-state index is 15.4. The summed E-state index contributed by atoms with van der Waals surface area (Å²) in [7, 11) is 0. The topological polar surface area (TPSA) is 0 Å². The largest absolute Gasteiger partial charge is 0.244 e.